The number of amides is 2. The topological polar surface area (TPSA) is 78.7 Å². The molecule has 2 heterocycles. The quantitative estimate of drug-likeness (QED) is 0.860. The lowest BCUT2D eigenvalue weighted by atomic mass is 10.0. The van der Waals surface area contributed by atoms with E-state index in [1.165, 1.54) is 0 Å². The fourth-order valence-electron chi connectivity index (χ4n) is 4.62. The molecule has 7 nitrogen and oxygen atoms in total. The van der Waals surface area contributed by atoms with Gasteiger partial charge in [-0.25, -0.2) is 0 Å². The minimum atomic E-state index is -0.162. The van der Waals surface area contributed by atoms with Crippen molar-refractivity contribution < 1.29 is 14.7 Å². The van der Waals surface area contributed by atoms with Crippen molar-refractivity contribution in [1.29, 1.82) is 0 Å². The van der Waals surface area contributed by atoms with E-state index in [1.807, 2.05) is 7.05 Å². The number of rotatable bonds is 2. The van der Waals surface area contributed by atoms with Crippen LogP contribution < -0.4 is 0 Å². The van der Waals surface area contributed by atoms with Gasteiger partial charge in [-0.3, -0.25) is 14.3 Å². The molecule has 1 aliphatic heterocycles. The van der Waals surface area contributed by atoms with Crippen LogP contribution in [0.25, 0.3) is 0 Å². The number of hydrogen-bond donors (Lipinski definition) is 1. The number of nitrogens with zero attached hydrogens (tertiary/aromatic N) is 4. The average Bonchev–Trinajstić information content (AvgIpc) is 3.21. The Bertz CT molecular complexity index is 671. The number of carbonyl (C=O) groups is 2. The maximum atomic E-state index is 12.8. The summed E-state index contributed by atoms with van der Waals surface area (Å²) in [5.74, 6) is 0.870. The van der Waals surface area contributed by atoms with Crippen LogP contribution in [-0.2, 0) is 6.54 Å². The van der Waals surface area contributed by atoms with Crippen molar-refractivity contribution in [2.45, 2.75) is 44.4 Å². The lowest BCUT2D eigenvalue weighted by Crippen LogP contribution is -2.37. The molecule has 4 rings (SSSR count). The summed E-state index contributed by atoms with van der Waals surface area (Å²) in [4.78, 5) is 28.4. The van der Waals surface area contributed by atoms with Gasteiger partial charge in [0.05, 0.1) is 12.6 Å². The highest BCUT2D eigenvalue weighted by Crippen LogP contribution is 2.45. The summed E-state index contributed by atoms with van der Waals surface area (Å²) in [6, 6.07) is 1.83. The minimum absolute atomic E-state index is 0.0835. The Kier molecular flexibility index (Phi) is 3.63. The van der Waals surface area contributed by atoms with E-state index in [9.17, 15) is 14.7 Å². The molecule has 4 atom stereocenters. The molecular formula is C17H24N4O3. The van der Waals surface area contributed by atoms with Crippen molar-refractivity contribution in [3.05, 3.63) is 17.5 Å². The van der Waals surface area contributed by atoms with Crippen LogP contribution >= 0.6 is 0 Å². The first kappa shape index (κ1) is 15.6. The molecule has 3 aliphatic rings. The van der Waals surface area contributed by atoms with Gasteiger partial charge in [0.25, 0.3) is 11.8 Å². The molecule has 0 bridgehead atoms. The molecule has 1 N–H and O–H groups in total. The molecule has 0 saturated heterocycles. The molecule has 2 fully saturated rings. The molecule has 0 aromatic carbocycles. The fraction of sp³-hybridized carbons (Fsp3) is 0.706. The van der Waals surface area contributed by atoms with E-state index in [0.29, 0.717) is 36.3 Å². The van der Waals surface area contributed by atoms with E-state index in [2.05, 4.69) is 5.10 Å². The predicted octanol–water partition coefficient (Wildman–Crippen LogP) is 0.590. The first-order valence-corrected chi connectivity index (χ1v) is 8.72. The Morgan fingerprint density at radius 3 is 2.58 bits per heavy atom. The summed E-state index contributed by atoms with van der Waals surface area (Å²) < 4.78 is 1.64. The standard InChI is InChI=1S/C17H24N4O3/c1-19-3-4-21-15(17(19)24)9-14(18-21)16(23)20(2)12-5-10-7-13(22)8-11(10)6-12/h9-13,22H,3-8H2,1-2H3/t10-,11+,12?,13?. The van der Waals surface area contributed by atoms with Crippen LogP contribution in [0.3, 0.4) is 0 Å². The Hall–Kier alpha value is -1.89. The van der Waals surface area contributed by atoms with E-state index in [4.69, 9.17) is 0 Å². The van der Waals surface area contributed by atoms with Gasteiger partial charge in [-0.15, -0.1) is 0 Å². The first-order chi connectivity index (χ1) is 11.4. The summed E-state index contributed by atoms with van der Waals surface area (Å²) in [7, 11) is 3.59. The number of carbonyl (C=O) groups excluding carboxylic acids is 2. The SMILES string of the molecule is CN1CCn2nc(C(=O)N(C)C3C[C@H]4CC(O)C[C@H]4C3)cc2C1=O. The number of aliphatic hydroxyl groups excluding tert-OH is 1. The third-order valence-electron chi connectivity index (χ3n) is 6.05. The van der Waals surface area contributed by atoms with Gasteiger partial charge >= 0.3 is 0 Å². The molecule has 0 radical (unpaired) electrons. The van der Waals surface area contributed by atoms with Gasteiger partial charge in [0, 0.05) is 32.7 Å². The maximum Gasteiger partial charge on any atom is 0.274 e. The van der Waals surface area contributed by atoms with Gasteiger partial charge in [-0.1, -0.05) is 0 Å². The fourth-order valence-corrected chi connectivity index (χ4v) is 4.62. The van der Waals surface area contributed by atoms with Crippen LogP contribution in [0, 0.1) is 11.8 Å². The van der Waals surface area contributed by atoms with Crippen LogP contribution in [0.1, 0.15) is 46.7 Å². The number of hydrogen-bond acceptors (Lipinski definition) is 4. The zero-order chi connectivity index (χ0) is 17.0. The molecule has 130 valence electrons. The van der Waals surface area contributed by atoms with Crippen LogP contribution in [0.15, 0.2) is 6.07 Å². The lowest BCUT2D eigenvalue weighted by molar-refractivity contribution is 0.0709. The molecule has 0 spiro atoms. The highest BCUT2D eigenvalue weighted by Gasteiger charge is 2.43. The molecule has 2 unspecified atom stereocenters. The van der Waals surface area contributed by atoms with Crippen LogP contribution in [-0.4, -0.2) is 69.3 Å². The van der Waals surface area contributed by atoms with E-state index < -0.39 is 0 Å². The monoisotopic (exact) mass is 332 g/mol. The summed E-state index contributed by atoms with van der Waals surface area (Å²) >= 11 is 0. The Labute approximate surface area is 141 Å². The predicted molar refractivity (Wildman–Crippen MR) is 86.5 cm³/mol. The van der Waals surface area contributed by atoms with Gasteiger partial charge in [-0.2, -0.15) is 5.10 Å². The third-order valence-corrected chi connectivity index (χ3v) is 6.05. The Morgan fingerprint density at radius 2 is 1.92 bits per heavy atom. The van der Waals surface area contributed by atoms with Crippen LogP contribution in [0.4, 0.5) is 0 Å². The van der Waals surface area contributed by atoms with Crippen molar-refractivity contribution in [1.82, 2.24) is 19.6 Å². The lowest BCUT2D eigenvalue weighted by Gasteiger charge is -2.24. The van der Waals surface area contributed by atoms with E-state index in [1.54, 1.807) is 27.6 Å². The van der Waals surface area contributed by atoms with Crippen LogP contribution in [0.2, 0.25) is 0 Å². The second kappa shape index (κ2) is 5.58. The Balaban J connectivity index is 1.49. The van der Waals surface area contributed by atoms with Crippen molar-refractivity contribution in [3.8, 4) is 0 Å². The molecule has 1 aromatic heterocycles. The van der Waals surface area contributed by atoms with Gasteiger partial charge < -0.3 is 14.9 Å². The largest absolute Gasteiger partial charge is 0.393 e. The van der Waals surface area contributed by atoms with Crippen molar-refractivity contribution in [2.75, 3.05) is 20.6 Å². The number of aromatic nitrogens is 2. The highest BCUT2D eigenvalue weighted by atomic mass is 16.3. The van der Waals surface area contributed by atoms with E-state index >= 15 is 0 Å². The molecule has 24 heavy (non-hydrogen) atoms. The van der Waals surface area contributed by atoms with Crippen LogP contribution in [0.5, 0.6) is 0 Å². The summed E-state index contributed by atoms with van der Waals surface area (Å²) in [6.45, 7) is 1.24. The smallest absolute Gasteiger partial charge is 0.274 e. The third kappa shape index (κ3) is 2.42. The van der Waals surface area contributed by atoms with Gasteiger partial charge in [-0.05, 0) is 37.5 Å². The van der Waals surface area contributed by atoms with Crippen molar-refractivity contribution >= 4 is 11.8 Å². The zero-order valence-electron chi connectivity index (χ0n) is 14.2. The first-order valence-electron chi connectivity index (χ1n) is 8.72. The van der Waals surface area contributed by atoms with E-state index in [0.717, 1.165) is 25.7 Å². The Morgan fingerprint density at radius 1 is 1.25 bits per heavy atom. The highest BCUT2D eigenvalue weighted by molar-refractivity contribution is 5.98. The summed E-state index contributed by atoms with van der Waals surface area (Å²) in [5.41, 5.74) is 0.847. The normalized spacial score (nSPS) is 32.0. The molecule has 2 aliphatic carbocycles. The zero-order valence-corrected chi connectivity index (χ0v) is 14.2. The van der Waals surface area contributed by atoms with Gasteiger partial charge in [0.15, 0.2) is 5.69 Å². The number of likely N-dealkylation sites (N-methyl/N-ethyl adjacent to an activating group) is 1. The maximum absolute atomic E-state index is 12.8. The van der Waals surface area contributed by atoms with E-state index in [-0.39, 0.29) is 24.0 Å². The van der Waals surface area contributed by atoms with Gasteiger partial charge in [0.2, 0.25) is 0 Å². The second-order valence-corrected chi connectivity index (χ2v) is 7.55. The van der Waals surface area contributed by atoms with Gasteiger partial charge in [0.1, 0.15) is 5.69 Å². The molecular weight excluding hydrogens is 308 g/mol. The van der Waals surface area contributed by atoms with Crippen molar-refractivity contribution in [2.24, 2.45) is 11.8 Å². The minimum Gasteiger partial charge on any atom is -0.393 e. The average molecular weight is 332 g/mol. The number of aliphatic hydroxyl groups is 1. The number of fused-ring (bicyclic) bond motifs is 2. The van der Waals surface area contributed by atoms with Crippen molar-refractivity contribution in [3.63, 3.8) is 0 Å². The molecule has 2 saturated carbocycles. The summed E-state index contributed by atoms with van der Waals surface area (Å²) in [5, 5.41) is 14.1. The molecule has 2 amide bonds. The summed E-state index contributed by atoms with van der Waals surface area (Å²) in [6.07, 6.45) is 3.48. The second-order valence-electron chi connectivity index (χ2n) is 7.55. The molecule has 1 aromatic rings. The molecule has 7 heteroatoms.